The highest BCUT2D eigenvalue weighted by molar-refractivity contribution is 6.00. The highest BCUT2D eigenvalue weighted by Crippen LogP contribution is 2.36. The van der Waals surface area contributed by atoms with E-state index in [4.69, 9.17) is 4.74 Å². The minimum Gasteiger partial charge on any atom is -0.492 e. The third-order valence-electron chi connectivity index (χ3n) is 6.47. The Bertz CT molecular complexity index is 1420. The Labute approximate surface area is 225 Å². The monoisotopic (exact) mass is 508 g/mol. The van der Waals surface area contributed by atoms with Crippen LogP contribution in [0.4, 0.5) is 0 Å². The largest absolute Gasteiger partial charge is 0.492 e. The van der Waals surface area contributed by atoms with Crippen molar-refractivity contribution in [3.63, 3.8) is 0 Å². The highest BCUT2D eigenvalue weighted by atomic mass is 16.5. The van der Waals surface area contributed by atoms with Crippen molar-refractivity contribution < 1.29 is 9.53 Å². The molecule has 0 atom stereocenters. The molecule has 0 bridgehead atoms. The Morgan fingerprint density at radius 3 is 2.45 bits per heavy atom. The lowest BCUT2D eigenvalue weighted by atomic mass is 9.87. The standard InChI is InChI=1S/C32H36N4O2/c1-5-28(24-10-7-6-8-11-24)32(26-15-18-30-29(22-26)23(2)34-35-30)25-13-16-27(17-14-25)38-21-20-33-19-9-12-31(37)36(3)4/h6-18,22,33H,5,19-21H2,1-4H3,(H,34,35). The number of carbonyl (C=O) groups excluding carboxylic acids is 1. The molecule has 6 nitrogen and oxygen atoms in total. The summed E-state index contributed by atoms with van der Waals surface area (Å²) in [5.41, 5.74) is 8.09. The minimum atomic E-state index is -0.0186. The number of aromatic amines is 1. The van der Waals surface area contributed by atoms with Gasteiger partial charge in [0.05, 0.1) is 11.2 Å². The Morgan fingerprint density at radius 2 is 1.74 bits per heavy atom. The molecule has 1 heterocycles. The van der Waals surface area contributed by atoms with Crippen LogP contribution in [-0.4, -0.2) is 54.8 Å². The molecule has 1 amide bonds. The van der Waals surface area contributed by atoms with Gasteiger partial charge in [0, 0.05) is 38.6 Å². The third-order valence-corrected chi connectivity index (χ3v) is 6.47. The normalized spacial score (nSPS) is 12.1. The summed E-state index contributed by atoms with van der Waals surface area (Å²) >= 11 is 0. The summed E-state index contributed by atoms with van der Waals surface area (Å²) in [6.45, 7) is 6.09. The van der Waals surface area contributed by atoms with Crippen LogP contribution in [0.15, 0.2) is 84.9 Å². The van der Waals surface area contributed by atoms with Crippen molar-refractivity contribution in [3.05, 3.63) is 107 Å². The Balaban J connectivity index is 1.53. The number of nitrogens with zero attached hydrogens (tertiary/aromatic N) is 2. The summed E-state index contributed by atoms with van der Waals surface area (Å²) < 4.78 is 5.96. The number of hydrogen-bond donors (Lipinski definition) is 2. The molecule has 3 aromatic carbocycles. The van der Waals surface area contributed by atoms with Crippen LogP contribution in [0.2, 0.25) is 0 Å². The molecule has 0 aliphatic heterocycles. The summed E-state index contributed by atoms with van der Waals surface area (Å²) in [6.07, 6.45) is 4.30. The zero-order valence-corrected chi connectivity index (χ0v) is 22.6. The number of amides is 1. The van der Waals surface area contributed by atoms with Gasteiger partial charge in [-0.05, 0) is 65.4 Å². The number of rotatable bonds is 11. The van der Waals surface area contributed by atoms with Gasteiger partial charge in [0.2, 0.25) is 5.91 Å². The molecule has 0 aliphatic carbocycles. The molecule has 0 fully saturated rings. The van der Waals surface area contributed by atoms with Crippen molar-refractivity contribution in [2.24, 2.45) is 0 Å². The molecule has 6 heteroatoms. The van der Waals surface area contributed by atoms with Crippen molar-refractivity contribution in [2.75, 3.05) is 33.8 Å². The second kappa shape index (κ2) is 12.9. The van der Waals surface area contributed by atoms with Gasteiger partial charge in [-0.25, -0.2) is 0 Å². The molecular formula is C32H36N4O2. The Hall–Kier alpha value is -4.16. The second-order valence-corrected chi connectivity index (χ2v) is 9.35. The number of H-pyrrole nitrogens is 1. The van der Waals surface area contributed by atoms with Gasteiger partial charge in [-0.3, -0.25) is 9.89 Å². The first-order chi connectivity index (χ1) is 18.5. The zero-order chi connectivity index (χ0) is 26.9. The molecule has 0 aliphatic rings. The van der Waals surface area contributed by atoms with Gasteiger partial charge in [-0.1, -0.05) is 61.5 Å². The van der Waals surface area contributed by atoms with Crippen LogP contribution in [-0.2, 0) is 4.79 Å². The number of benzene rings is 3. The smallest absolute Gasteiger partial charge is 0.245 e. The fourth-order valence-electron chi connectivity index (χ4n) is 4.43. The first-order valence-electron chi connectivity index (χ1n) is 13.0. The summed E-state index contributed by atoms with van der Waals surface area (Å²) in [5, 5.41) is 11.9. The van der Waals surface area contributed by atoms with Crippen LogP contribution in [0.1, 0.15) is 35.7 Å². The SMILES string of the molecule is CCC(=C(c1ccc(OCCNCC=CC(=O)N(C)C)cc1)c1ccc2[nH]nc(C)c2c1)c1ccccc1. The van der Waals surface area contributed by atoms with Gasteiger partial charge in [-0.15, -0.1) is 0 Å². The first-order valence-corrected chi connectivity index (χ1v) is 13.0. The van der Waals surface area contributed by atoms with Crippen molar-refractivity contribution in [3.8, 4) is 5.75 Å². The predicted molar refractivity (Wildman–Crippen MR) is 156 cm³/mol. The lowest BCUT2D eigenvalue weighted by Gasteiger charge is -2.17. The molecule has 0 spiro atoms. The molecular weight excluding hydrogens is 472 g/mol. The van der Waals surface area contributed by atoms with Crippen LogP contribution in [0, 0.1) is 6.92 Å². The molecule has 38 heavy (non-hydrogen) atoms. The van der Waals surface area contributed by atoms with E-state index in [9.17, 15) is 4.79 Å². The van der Waals surface area contributed by atoms with Gasteiger partial charge >= 0.3 is 0 Å². The topological polar surface area (TPSA) is 70.2 Å². The zero-order valence-electron chi connectivity index (χ0n) is 22.6. The number of likely N-dealkylation sites (N-methyl/N-ethyl adjacent to an activating group) is 1. The third kappa shape index (κ3) is 6.58. The predicted octanol–water partition coefficient (Wildman–Crippen LogP) is 5.85. The number of carbonyl (C=O) groups is 1. The first kappa shape index (κ1) is 26.9. The van der Waals surface area contributed by atoms with E-state index in [0.29, 0.717) is 19.7 Å². The molecule has 0 unspecified atom stereocenters. The molecule has 0 radical (unpaired) electrons. The Morgan fingerprint density at radius 1 is 1.00 bits per heavy atom. The van der Waals surface area contributed by atoms with E-state index in [-0.39, 0.29) is 5.91 Å². The number of hydrogen-bond acceptors (Lipinski definition) is 4. The number of allylic oxidation sites excluding steroid dienone is 1. The van der Waals surface area contributed by atoms with Crippen molar-refractivity contribution >= 4 is 28.0 Å². The van der Waals surface area contributed by atoms with Gasteiger partial charge in [-0.2, -0.15) is 5.10 Å². The van der Waals surface area contributed by atoms with Crippen LogP contribution in [0.25, 0.3) is 22.0 Å². The lowest BCUT2D eigenvalue weighted by molar-refractivity contribution is -0.123. The number of ether oxygens (including phenoxy) is 1. The Kier molecular flexibility index (Phi) is 9.11. The van der Waals surface area contributed by atoms with Crippen molar-refractivity contribution in [1.29, 1.82) is 0 Å². The van der Waals surface area contributed by atoms with E-state index >= 15 is 0 Å². The molecule has 2 N–H and O–H groups in total. The van der Waals surface area contributed by atoms with E-state index < -0.39 is 0 Å². The van der Waals surface area contributed by atoms with E-state index in [2.05, 4.69) is 83.1 Å². The van der Waals surface area contributed by atoms with Crippen LogP contribution >= 0.6 is 0 Å². The summed E-state index contributed by atoms with van der Waals surface area (Å²) in [6, 6.07) is 25.4. The fourth-order valence-corrected chi connectivity index (χ4v) is 4.43. The molecule has 196 valence electrons. The molecule has 1 aromatic heterocycles. The maximum absolute atomic E-state index is 11.6. The fraction of sp³-hybridized carbons (Fsp3) is 0.250. The molecule has 4 aromatic rings. The summed E-state index contributed by atoms with van der Waals surface area (Å²) in [4.78, 5) is 13.1. The lowest BCUT2D eigenvalue weighted by Crippen LogP contribution is -2.22. The minimum absolute atomic E-state index is 0.0186. The van der Waals surface area contributed by atoms with E-state index in [1.165, 1.54) is 22.3 Å². The van der Waals surface area contributed by atoms with Gasteiger partial charge in [0.1, 0.15) is 12.4 Å². The number of aryl methyl sites for hydroxylation is 1. The van der Waals surface area contributed by atoms with Crippen LogP contribution in [0.3, 0.4) is 0 Å². The van der Waals surface area contributed by atoms with Crippen molar-refractivity contribution in [1.82, 2.24) is 20.4 Å². The number of fused-ring (bicyclic) bond motifs is 1. The summed E-state index contributed by atoms with van der Waals surface area (Å²) in [7, 11) is 3.48. The van der Waals surface area contributed by atoms with Gasteiger partial charge < -0.3 is 15.0 Å². The molecule has 0 saturated carbocycles. The van der Waals surface area contributed by atoms with E-state index in [1.54, 1.807) is 25.1 Å². The van der Waals surface area contributed by atoms with Gasteiger partial charge in [0.15, 0.2) is 0 Å². The van der Waals surface area contributed by atoms with Crippen LogP contribution in [0.5, 0.6) is 5.75 Å². The summed E-state index contributed by atoms with van der Waals surface area (Å²) in [5.74, 6) is 0.807. The molecule has 4 rings (SSSR count). The van der Waals surface area contributed by atoms with Gasteiger partial charge in [0.25, 0.3) is 0 Å². The number of aromatic nitrogens is 2. The highest BCUT2D eigenvalue weighted by Gasteiger charge is 2.15. The maximum atomic E-state index is 11.6. The maximum Gasteiger partial charge on any atom is 0.245 e. The average molecular weight is 509 g/mol. The number of nitrogens with one attached hydrogen (secondary N) is 2. The quantitative estimate of drug-likeness (QED) is 0.151. The van der Waals surface area contributed by atoms with E-state index in [1.807, 2.05) is 25.1 Å². The second-order valence-electron chi connectivity index (χ2n) is 9.35. The van der Waals surface area contributed by atoms with Crippen LogP contribution < -0.4 is 10.1 Å². The average Bonchev–Trinajstić information content (AvgIpc) is 3.31. The molecule has 0 saturated heterocycles. The van der Waals surface area contributed by atoms with Crippen molar-refractivity contribution in [2.45, 2.75) is 20.3 Å². The van der Waals surface area contributed by atoms with E-state index in [0.717, 1.165) is 34.3 Å².